The van der Waals surface area contributed by atoms with Crippen molar-refractivity contribution < 1.29 is 18.0 Å². The molecule has 2 rings (SSSR count). The zero-order chi connectivity index (χ0) is 23.9. The lowest BCUT2D eigenvalue weighted by atomic mass is 10.1. The SMILES string of the molecule is CCNC(=O)[C@H](CC)N(Cc1ccccc1)C(=O)CN(c1cc(Cl)cc(Cl)c1)S(C)(=O)=O. The van der Waals surface area contributed by atoms with Gasteiger partial charge < -0.3 is 10.2 Å². The van der Waals surface area contributed by atoms with E-state index in [0.29, 0.717) is 13.0 Å². The largest absolute Gasteiger partial charge is 0.355 e. The molecule has 10 heteroatoms. The lowest BCUT2D eigenvalue weighted by Gasteiger charge is -2.32. The van der Waals surface area contributed by atoms with Crippen molar-refractivity contribution in [3.8, 4) is 0 Å². The number of hydrogen-bond donors (Lipinski definition) is 1. The van der Waals surface area contributed by atoms with Crippen LogP contribution in [0.15, 0.2) is 48.5 Å². The minimum atomic E-state index is -3.85. The van der Waals surface area contributed by atoms with Crippen LogP contribution in [0.5, 0.6) is 0 Å². The van der Waals surface area contributed by atoms with Gasteiger partial charge in [-0.2, -0.15) is 0 Å². The first-order valence-electron chi connectivity index (χ1n) is 10.1. The van der Waals surface area contributed by atoms with E-state index in [1.165, 1.54) is 23.1 Å². The zero-order valence-electron chi connectivity index (χ0n) is 18.2. The van der Waals surface area contributed by atoms with Crippen LogP contribution in [-0.4, -0.2) is 50.5 Å². The van der Waals surface area contributed by atoms with Crippen LogP contribution in [0.25, 0.3) is 0 Å². The minimum Gasteiger partial charge on any atom is -0.355 e. The standard InChI is InChI=1S/C22H27Cl2N3O4S/c1-4-20(22(29)25-5-2)26(14-16-9-7-6-8-10-16)21(28)15-27(32(3,30)31)19-12-17(23)11-18(24)13-19/h6-13,20H,4-5,14-15H2,1-3H3,(H,25,29)/t20-/m0/s1. The van der Waals surface area contributed by atoms with Crippen LogP contribution < -0.4 is 9.62 Å². The predicted molar refractivity (Wildman–Crippen MR) is 128 cm³/mol. The average Bonchev–Trinajstić information content (AvgIpc) is 2.71. The van der Waals surface area contributed by atoms with E-state index in [1.54, 1.807) is 13.8 Å². The fourth-order valence-corrected chi connectivity index (χ4v) is 4.64. The number of rotatable bonds is 10. The molecule has 2 amide bonds. The topological polar surface area (TPSA) is 86.8 Å². The Morgan fingerprint density at radius 3 is 2.12 bits per heavy atom. The number of hydrogen-bond acceptors (Lipinski definition) is 4. The third kappa shape index (κ3) is 7.12. The molecule has 174 valence electrons. The molecular weight excluding hydrogens is 473 g/mol. The summed E-state index contributed by atoms with van der Waals surface area (Å²) in [5, 5.41) is 3.23. The fraction of sp³-hybridized carbons (Fsp3) is 0.364. The second-order valence-electron chi connectivity index (χ2n) is 7.22. The zero-order valence-corrected chi connectivity index (χ0v) is 20.5. The molecule has 2 aromatic rings. The quantitative estimate of drug-likeness (QED) is 0.539. The first-order valence-corrected chi connectivity index (χ1v) is 12.7. The Hall–Kier alpha value is -2.29. The summed E-state index contributed by atoms with van der Waals surface area (Å²) in [6, 6.07) is 12.8. The van der Waals surface area contributed by atoms with Crippen LogP contribution >= 0.6 is 23.2 Å². The molecule has 1 N–H and O–H groups in total. The average molecular weight is 500 g/mol. The normalized spacial score (nSPS) is 12.2. The lowest BCUT2D eigenvalue weighted by molar-refractivity contribution is -0.140. The Morgan fingerprint density at radius 1 is 1.03 bits per heavy atom. The highest BCUT2D eigenvalue weighted by Gasteiger charge is 2.31. The Labute approximate surface area is 199 Å². The molecule has 0 saturated heterocycles. The van der Waals surface area contributed by atoms with Gasteiger partial charge in [0.25, 0.3) is 0 Å². The van der Waals surface area contributed by atoms with E-state index in [4.69, 9.17) is 23.2 Å². The summed E-state index contributed by atoms with van der Waals surface area (Å²) in [5.74, 6) is -0.815. The molecule has 0 aliphatic heterocycles. The highest BCUT2D eigenvalue weighted by molar-refractivity contribution is 7.92. The van der Waals surface area contributed by atoms with Crippen molar-refractivity contribution in [3.05, 3.63) is 64.1 Å². The molecule has 2 aromatic carbocycles. The van der Waals surface area contributed by atoms with Gasteiger partial charge >= 0.3 is 0 Å². The van der Waals surface area contributed by atoms with Crippen LogP contribution in [0.2, 0.25) is 10.0 Å². The fourth-order valence-electron chi connectivity index (χ4n) is 3.29. The monoisotopic (exact) mass is 499 g/mol. The molecule has 0 aliphatic rings. The van der Waals surface area contributed by atoms with Crippen LogP contribution in [0, 0.1) is 0 Å². The van der Waals surface area contributed by atoms with Crippen molar-refractivity contribution in [2.45, 2.75) is 32.9 Å². The van der Waals surface area contributed by atoms with Gasteiger partial charge in [0, 0.05) is 23.1 Å². The molecule has 0 fully saturated rings. The minimum absolute atomic E-state index is 0.156. The maximum absolute atomic E-state index is 13.4. The molecule has 0 heterocycles. The molecule has 0 unspecified atom stereocenters. The molecule has 0 saturated carbocycles. The summed E-state index contributed by atoms with van der Waals surface area (Å²) < 4.78 is 26.0. The number of carbonyl (C=O) groups is 2. The lowest BCUT2D eigenvalue weighted by Crippen LogP contribution is -2.52. The summed E-state index contributed by atoms with van der Waals surface area (Å²) in [6.45, 7) is 3.67. The van der Waals surface area contributed by atoms with E-state index in [0.717, 1.165) is 16.1 Å². The van der Waals surface area contributed by atoms with Crippen molar-refractivity contribution in [2.24, 2.45) is 0 Å². The van der Waals surface area contributed by atoms with Crippen LogP contribution in [0.1, 0.15) is 25.8 Å². The van der Waals surface area contributed by atoms with Crippen LogP contribution in [0.3, 0.4) is 0 Å². The molecule has 0 spiro atoms. The number of amides is 2. The Balaban J connectivity index is 2.44. The molecule has 7 nitrogen and oxygen atoms in total. The first-order chi connectivity index (χ1) is 15.1. The second kappa shape index (κ2) is 11.5. The Kier molecular flexibility index (Phi) is 9.36. The third-order valence-corrected chi connectivity index (χ3v) is 6.32. The Morgan fingerprint density at radius 2 is 1.62 bits per heavy atom. The van der Waals surface area contributed by atoms with E-state index < -0.39 is 28.5 Å². The number of likely N-dealkylation sites (N-methyl/N-ethyl adjacent to an activating group) is 1. The number of nitrogens with one attached hydrogen (secondary N) is 1. The first kappa shape index (κ1) is 26.0. The summed E-state index contributed by atoms with van der Waals surface area (Å²) in [5.41, 5.74) is 0.990. The van der Waals surface area contributed by atoms with E-state index in [1.807, 2.05) is 30.3 Å². The van der Waals surface area contributed by atoms with Gasteiger partial charge in [0.05, 0.1) is 11.9 Å². The van der Waals surface area contributed by atoms with Gasteiger partial charge in [0.2, 0.25) is 21.8 Å². The van der Waals surface area contributed by atoms with Gasteiger partial charge in [-0.25, -0.2) is 8.42 Å². The van der Waals surface area contributed by atoms with Crippen molar-refractivity contribution >= 4 is 50.7 Å². The second-order valence-corrected chi connectivity index (χ2v) is 10.0. The maximum Gasteiger partial charge on any atom is 0.244 e. The van der Waals surface area contributed by atoms with Gasteiger partial charge in [0.1, 0.15) is 12.6 Å². The number of halogens is 2. The van der Waals surface area contributed by atoms with Crippen LogP contribution in [0.4, 0.5) is 5.69 Å². The van der Waals surface area contributed by atoms with E-state index in [9.17, 15) is 18.0 Å². The van der Waals surface area contributed by atoms with Crippen molar-refractivity contribution in [2.75, 3.05) is 23.7 Å². The molecule has 32 heavy (non-hydrogen) atoms. The number of carbonyl (C=O) groups excluding carboxylic acids is 2. The van der Waals surface area contributed by atoms with Crippen molar-refractivity contribution in [3.63, 3.8) is 0 Å². The number of sulfonamides is 1. The highest BCUT2D eigenvalue weighted by Crippen LogP contribution is 2.27. The molecular formula is C22H27Cl2N3O4S. The van der Waals surface area contributed by atoms with E-state index in [2.05, 4.69) is 5.32 Å². The predicted octanol–water partition coefficient (Wildman–Crippen LogP) is 3.70. The summed E-state index contributed by atoms with van der Waals surface area (Å²) in [7, 11) is -3.85. The molecule has 0 aliphatic carbocycles. The van der Waals surface area contributed by atoms with E-state index >= 15 is 0 Å². The summed E-state index contributed by atoms with van der Waals surface area (Å²) in [4.78, 5) is 27.5. The number of benzene rings is 2. The van der Waals surface area contributed by atoms with Crippen molar-refractivity contribution in [1.29, 1.82) is 0 Å². The van der Waals surface area contributed by atoms with Crippen molar-refractivity contribution in [1.82, 2.24) is 10.2 Å². The van der Waals surface area contributed by atoms with Gasteiger partial charge in [0.15, 0.2) is 0 Å². The maximum atomic E-state index is 13.4. The van der Waals surface area contributed by atoms with Gasteiger partial charge in [-0.15, -0.1) is 0 Å². The summed E-state index contributed by atoms with van der Waals surface area (Å²) in [6.07, 6.45) is 1.37. The van der Waals surface area contributed by atoms with E-state index in [-0.39, 0.29) is 28.2 Å². The molecule has 0 aromatic heterocycles. The van der Waals surface area contributed by atoms with Gasteiger partial charge in [-0.3, -0.25) is 13.9 Å². The smallest absolute Gasteiger partial charge is 0.244 e. The number of nitrogens with zero attached hydrogens (tertiary/aromatic N) is 2. The van der Waals surface area contributed by atoms with Gasteiger partial charge in [-0.05, 0) is 37.1 Å². The third-order valence-electron chi connectivity index (χ3n) is 4.75. The van der Waals surface area contributed by atoms with Gasteiger partial charge in [-0.1, -0.05) is 60.5 Å². The Bertz CT molecular complexity index is 1030. The molecule has 1 atom stereocenters. The highest BCUT2D eigenvalue weighted by atomic mass is 35.5. The van der Waals surface area contributed by atoms with Crippen LogP contribution in [-0.2, 0) is 26.2 Å². The molecule has 0 radical (unpaired) electrons. The summed E-state index contributed by atoms with van der Waals surface area (Å²) >= 11 is 12.1. The molecule has 0 bridgehead atoms. The number of anilines is 1.